The van der Waals surface area contributed by atoms with Crippen LogP contribution in [0.25, 0.3) is 11.1 Å². The lowest BCUT2D eigenvalue weighted by molar-refractivity contribution is -0.137. The summed E-state index contributed by atoms with van der Waals surface area (Å²) in [7, 11) is 0. The molecule has 2 heterocycles. The molecule has 1 aliphatic heterocycles. The molecule has 2 aromatic carbocycles. The second kappa shape index (κ2) is 9.38. The summed E-state index contributed by atoms with van der Waals surface area (Å²) >= 11 is 1.25. The first kappa shape index (κ1) is 23.6. The molecule has 1 spiro atoms. The van der Waals surface area contributed by atoms with Gasteiger partial charge in [-0.15, -0.1) is 0 Å². The normalized spacial score (nSPS) is 16.7. The predicted molar refractivity (Wildman–Crippen MR) is 119 cm³/mol. The third-order valence-electron chi connectivity index (χ3n) is 6.12. The van der Waals surface area contributed by atoms with Gasteiger partial charge in [0.2, 0.25) is 5.89 Å². The standard InChI is InChI=1S/C23H19F4NO2.CH5NS/c24-19-5-3-4-16-17-10-14(6-7-18(17)23(25,26)27)11-22(8-1-2-9-22)21-28-15(13-30-21)12-29-20(16)19;1-3-2/h3-7,10,13H,1-2,8-9,11-12H2;2H2,1H3. The summed E-state index contributed by atoms with van der Waals surface area (Å²) in [4.78, 5) is 4.58. The molecule has 5 rings (SSSR count). The van der Waals surface area contributed by atoms with E-state index in [0.717, 1.165) is 37.3 Å². The van der Waals surface area contributed by atoms with Gasteiger partial charge in [-0.3, -0.25) is 5.14 Å². The van der Waals surface area contributed by atoms with Gasteiger partial charge < -0.3 is 9.15 Å². The molecule has 1 aromatic heterocycles. The molecule has 0 radical (unpaired) electrons. The summed E-state index contributed by atoms with van der Waals surface area (Å²) < 4.78 is 67.4. The zero-order chi connectivity index (χ0) is 23.6. The number of nitrogens with zero attached hydrogens (tertiary/aromatic N) is 1. The Morgan fingerprint density at radius 1 is 1.09 bits per heavy atom. The number of halogens is 4. The lowest BCUT2D eigenvalue weighted by Gasteiger charge is -2.26. The number of oxazole rings is 1. The van der Waals surface area contributed by atoms with E-state index in [9.17, 15) is 17.6 Å². The van der Waals surface area contributed by atoms with Crippen LogP contribution in [0, 0.1) is 5.82 Å². The number of rotatable bonds is 0. The van der Waals surface area contributed by atoms with Crippen LogP contribution < -0.4 is 9.88 Å². The molecule has 1 saturated carbocycles. The van der Waals surface area contributed by atoms with E-state index in [2.05, 4.69) is 4.98 Å². The maximum atomic E-state index is 14.6. The highest BCUT2D eigenvalue weighted by Gasteiger charge is 2.41. The molecular formula is C24H24F4N2O2S. The van der Waals surface area contributed by atoms with Gasteiger partial charge in [0.1, 0.15) is 18.6 Å². The highest BCUT2D eigenvalue weighted by atomic mass is 32.2. The van der Waals surface area contributed by atoms with E-state index in [1.807, 2.05) is 6.26 Å². The molecule has 9 heteroatoms. The summed E-state index contributed by atoms with van der Waals surface area (Å²) in [6.07, 6.45) is 2.98. The molecular weight excluding hydrogens is 456 g/mol. The lowest BCUT2D eigenvalue weighted by atomic mass is 9.79. The first-order chi connectivity index (χ1) is 15.8. The molecule has 3 aromatic rings. The molecule has 1 fully saturated rings. The van der Waals surface area contributed by atoms with E-state index in [-0.39, 0.29) is 28.9 Å². The largest absolute Gasteiger partial charge is 0.483 e. The van der Waals surface area contributed by atoms with Crippen LogP contribution in [-0.4, -0.2) is 11.2 Å². The first-order valence-corrected chi connectivity index (χ1v) is 11.9. The molecule has 4 bridgehead atoms. The highest BCUT2D eigenvalue weighted by Crippen LogP contribution is 2.46. The average molecular weight is 481 g/mol. The molecule has 2 aliphatic rings. The molecule has 0 atom stereocenters. The quantitative estimate of drug-likeness (QED) is 0.288. The van der Waals surface area contributed by atoms with E-state index in [0.29, 0.717) is 18.0 Å². The molecule has 2 N–H and O–H groups in total. The van der Waals surface area contributed by atoms with E-state index in [1.54, 1.807) is 0 Å². The van der Waals surface area contributed by atoms with Crippen LogP contribution in [0.4, 0.5) is 17.6 Å². The van der Waals surface area contributed by atoms with Gasteiger partial charge >= 0.3 is 6.18 Å². The Bertz CT molecular complexity index is 1120. The van der Waals surface area contributed by atoms with Crippen LogP contribution in [0.3, 0.4) is 0 Å². The molecule has 0 unspecified atom stereocenters. The third-order valence-corrected chi connectivity index (χ3v) is 6.12. The van der Waals surface area contributed by atoms with Crippen LogP contribution in [-0.2, 0) is 24.6 Å². The maximum Gasteiger partial charge on any atom is 0.417 e. The number of para-hydroxylation sites is 1. The fourth-order valence-electron chi connectivity index (χ4n) is 4.71. The van der Waals surface area contributed by atoms with Crippen molar-refractivity contribution in [1.29, 1.82) is 0 Å². The van der Waals surface area contributed by atoms with Gasteiger partial charge in [-0.05, 0) is 48.8 Å². The van der Waals surface area contributed by atoms with Crippen molar-refractivity contribution in [2.24, 2.45) is 5.14 Å². The third kappa shape index (κ3) is 4.75. The molecule has 33 heavy (non-hydrogen) atoms. The van der Waals surface area contributed by atoms with Gasteiger partial charge in [0.15, 0.2) is 11.6 Å². The minimum atomic E-state index is -4.58. The molecule has 4 nitrogen and oxygen atoms in total. The Kier molecular flexibility index (Phi) is 6.72. The highest BCUT2D eigenvalue weighted by molar-refractivity contribution is 7.96. The Labute approximate surface area is 193 Å². The SMILES string of the molecule is CSN.Fc1cccc2c1OCc1coc(n1)C1(CCCC1)Cc1ccc(C(F)(F)F)c-2c1. The van der Waals surface area contributed by atoms with Crippen LogP contribution in [0.15, 0.2) is 47.1 Å². The summed E-state index contributed by atoms with van der Waals surface area (Å²) in [6, 6.07) is 8.11. The van der Waals surface area contributed by atoms with Crippen LogP contribution in [0.5, 0.6) is 5.75 Å². The lowest BCUT2D eigenvalue weighted by Crippen LogP contribution is -2.26. The summed E-state index contributed by atoms with van der Waals surface area (Å²) in [6.45, 7) is -0.0887. The van der Waals surface area contributed by atoms with Crippen molar-refractivity contribution in [3.63, 3.8) is 0 Å². The summed E-state index contributed by atoms with van der Waals surface area (Å²) in [5.41, 5.74) is 0.0664. The minimum absolute atomic E-state index is 0.0765. The van der Waals surface area contributed by atoms with Crippen molar-refractivity contribution < 1.29 is 26.7 Å². The summed E-state index contributed by atoms with van der Waals surface area (Å²) in [5, 5.41) is 4.76. The zero-order valence-corrected chi connectivity index (χ0v) is 18.9. The first-order valence-electron chi connectivity index (χ1n) is 10.6. The smallest absolute Gasteiger partial charge is 0.417 e. The van der Waals surface area contributed by atoms with Crippen molar-refractivity contribution in [3.05, 3.63) is 71.2 Å². The van der Waals surface area contributed by atoms with Gasteiger partial charge in [-0.25, -0.2) is 9.37 Å². The monoisotopic (exact) mass is 480 g/mol. The minimum Gasteiger partial charge on any atom is -0.483 e. The summed E-state index contributed by atoms with van der Waals surface area (Å²) in [5.74, 6) is -0.366. The topological polar surface area (TPSA) is 61.3 Å². The maximum absolute atomic E-state index is 14.6. The Morgan fingerprint density at radius 2 is 1.82 bits per heavy atom. The van der Waals surface area contributed by atoms with E-state index in [4.69, 9.17) is 14.3 Å². The molecule has 0 saturated heterocycles. The number of nitrogens with two attached hydrogens (primary N) is 1. The number of aromatic nitrogens is 1. The average Bonchev–Trinajstić information content (AvgIpc) is 3.42. The Balaban J connectivity index is 0.000000821. The number of fused-ring (bicyclic) bond motifs is 7. The number of hydrogen-bond donors (Lipinski definition) is 1. The van der Waals surface area contributed by atoms with Crippen LogP contribution >= 0.6 is 11.9 Å². The Hall–Kier alpha value is -2.52. The number of hydrogen-bond acceptors (Lipinski definition) is 5. The second-order valence-electron chi connectivity index (χ2n) is 8.33. The molecule has 1 aliphatic carbocycles. The number of alkyl halides is 3. The van der Waals surface area contributed by atoms with Gasteiger partial charge in [-0.1, -0.05) is 49.1 Å². The van der Waals surface area contributed by atoms with E-state index in [1.165, 1.54) is 48.5 Å². The van der Waals surface area contributed by atoms with Gasteiger partial charge in [0.25, 0.3) is 0 Å². The van der Waals surface area contributed by atoms with Crippen LogP contribution in [0.1, 0.15) is 48.4 Å². The van der Waals surface area contributed by atoms with Gasteiger partial charge in [0, 0.05) is 5.56 Å². The molecule has 176 valence electrons. The van der Waals surface area contributed by atoms with Gasteiger partial charge in [0.05, 0.1) is 11.0 Å². The van der Waals surface area contributed by atoms with Gasteiger partial charge in [-0.2, -0.15) is 13.2 Å². The van der Waals surface area contributed by atoms with Crippen molar-refractivity contribution in [2.75, 3.05) is 6.26 Å². The van der Waals surface area contributed by atoms with Crippen molar-refractivity contribution in [2.45, 2.75) is 50.3 Å². The fourth-order valence-corrected chi connectivity index (χ4v) is 4.71. The zero-order valence-electron chi connectivity index (χ0n) is 18.0. The van der Waals surface area contributed by atoms with Crippen LogP contribution in [0.2, 0.25) is 0 Å². The number of ether oxygens (including phenoxy) is 1. The fraction of sp³-hybridized carbons (Fsp3) is 0.375. The Morgan fingerprint density at radius 3 is 2.52 bits per heavy atom. The number of benzene rings is 2. The van der Waals surface area contributed by atoms with Crippen molar-refractivity contribution in [1.82, 2.24) is 4.98 Å². The van der Waals surface area contributed by atoms with Crippen molar-refractivity contribution >= 4 is 11.9 Å². The molecule has 0 amide bonds. The van der Waals surface area contributed by atoms with Crippen molar-refractivity contribution in [3.8, 4) is 16.9 Å². The predicted octanol–water partition coefficient (Wildman–Crippen LogP) is 6.67. The van der Waals surface area contributed by atoms with E-state index < -0.39 is 17.6 Å². The van der Waals surface area contributed by atoms with E-state index >= 15 is 0 Å². The second-order valence-corrected chi connectivity index (χ2v) is 8.80.